The summed E-state index contributed by atoms with van der Waals surface area (Å²) in [5.41, 5.74) is 3.85. The van der Waals surface area contributed by atoms with Crippen LogP contribution in [0, 0.1) is 13.8 Å². The normalized spacial score (nSPS) is 10.5. The Bertz CT molecular complexity index is 820. The van der Waals surface area contributed by atoms with Gasteiger partial charge in [0.1, 0.15) is 0 Å². The predicted molar refractivity (Wildman–Crippen MR) is 96.4 cm³/mol. The molecule has 1 nitrogen and oxygen atoms in total. The summed E-state index contributed by atoms with van der Waals surface area (Å²) in [7, 11) is 0. The van der Waals surface area contributed by atoms with Crippen LogP contribution in [-0.2, 0) is 0 Å². The first-order chi connectivity index (χ1) is 11.1. The molecule has 0 aromatic heterocycles. The van der Waals surface area contributed by atoms with Gasteiger partial charge in [-0.2, -0.15) is 0 Å². The molecule has 23 heavy (non-hydrogen) atoms. The number of benzene rings is 3. The molecule has 0 bridgehead atoms. The maximum Gasteiger partial charge on any atom is 0.194 e. The smallest absolute Gasteiger partial charge is 0.194 e. The molecule has 0 amide bonds. The zero-order valence-corrected chi connectivity index (χ0v) is 14.1. The minimum Gasteiger partial charge on any atom is -0.289 e. The Kier molecular flexibility index (Phi) is 4.63. The van der Waals surface area contributed by atoms with Gasteiger partial charge in [0.25, 0.3) is 0 Å². The van der Waals surface area contributed by atoms with Crippen LogP contribution in [0.5, 0.6) is 0 Å². The lowest BCUT2D eigenvalue weighted by molar-refractivity contribution is 0.103. The summed E-state index contributed by atoms with van der Waals surface area (Å²) >= 11 is 1.65. The van der Waals surface area contributed by atoms with Crippen molar-refractivity contribution >= 4 is 17.5 Å². The molecule has 0 aliphatic carbocycles. The minimum absolute atomic E-state index is 0.0731. The summed E-state index contributed by atoms with van der Waals surface area (Å²) in [6.07, 6.45) is 0. The average Bonchev–Trinajstić information content (AvgIpc) is 2.59. The van der Waals surface area contributed by atoms with Crippen molar-refractivity contribution in [3.8, 4) is 0 Å². The Morgan fingerprint density at radius 2 is 1.48 bits per heavy atom. The molecule has 0 aliphatic heterocycles. The van der Waals surface area contributed by atoms with Crippen molar-refractivity contribution < 1.29 is 4.79 Å². The Labute approximate surface area is 141 Å². The van der Waals surface area contributed by atoms with E-state index in [9.17, 15) is 4.79 Å². The van der Waals surface area contributed by atoms with Crippen LogP contribution in [0.3, 0.4) is 0 Å². The van der Waals surface area contributed by atoms with Gasteiger partial charge in [-0.1, -0.05) is 71.9 Å². The van der Waals surface area contributed by atoms with E-state index in [0.29, 0.717) is 0 Å². The van der Waals surface area contributed by atoms with Crippen LogP contribution in [0.25, 0.3) is 0 Å². The average molecular weight is 318 g/mol. The van der Waals surface area contributed by atoms with Gasteiger partial charge >= 0.3 is 0 Å². The first kappa shape index (κ1) is 15.6. The maximum absolute atomic E-state index is 12.9. The molecule has 3 aromatic carbocycles. The molecule has 0 aliphatic rings. The highest BCUT2D eigenvalue weighted by Gasteiger charge is 2.15. The quantitative estimate of drug-likeness (QED) is 0.575. The second kappa shape index (κ2) is 6.84. The zero-order valence-electron chi connectivity index (χ0n) is 13.2. The largest absolute Gasteiger partial charge is 0.289 e. The molecule has 0 spiro atoms. The van der Waals surface area contributed by atoms with Crippen molar-refractivity contribution in [3.05, 3.63) is 95.1 Å². The van der Waals surface area contributed by atoms with E-state index >= 15 is 0 Å². The van der Waals surface area contributed by atoms with Gasteiger partial charge in [0.15, 0.2) is 5.78 Å². The second-order valence-electron chi connectivity index (χ2n) is 5.56. The van der Waals surface area contributed by atoms with E-state index in [-0.39, 0.29) is 5.78 Å². The third-order valence-corrected chi connectivity index (χ3v) is 4.99. The Hall–Kier alpha value is -2.32. The van der Waals surface area contributed by atoms with Gasteiger partial charge in [-0.05, 0) is 37.6 Å². The lowest BCUT2D eigenvalue weighted by Gasteiger charge is -2.12. The fourth-order valence-electron chi connectivity index (χ4n) is 2.44. The summed E-state index contributed by atoms with van der Waals surface area (Å²) in [5, 5.41) is 0. The van der Waals surface area contributed by atoms with Crippen molar-refractivity contribution in [3.63, 3.8) is 0 Å². The molecule has 0 fully saturated rings. The molecule has 0 heterocycles. The number of ketones is 1. The Morgan fingerprint density at radius 1 is 0.783 bits per heavy atom. The number of rotatable bonds is 4. The van der Waals surface area contributed by atoms with Gasteiger partial charge in [0.05, 0.1) is 0 Å². The molecule has 0 saturated heterocycles. The third kappa shape index (κ3) is 3.54. The highest BCUT2D eigenvalue weighted by molar-refractivity contribution is 7.99. The Morgan fingerprint density at radius 3 is 2.17 bits per heavy atom. The van der Waals surface area contributed by atoms with E-state index in [4.69, 9.17) is 0 Å². The van der Waals surface area contributed by atoms with E-state index in [1.165, 1.54) is 5.56 Å². The standard InChI is InChI=1S/C21H18OS/c1-15-11-13-18(14-12-15)23-21-16(2)7-6-10-19(21)20(22)17-8-4-3-5-9-17/h3-14H,1-2H3. The highest BCUT2D eigenvalue weighted by atomic mass is 32.2. The SMILES string of the molecule is Cc1ccc(Sc2c(C)cccc2C(=O)c2ccccc2)cc1. The fraction of sp³-hybridized carbons (Fsp3) is 0.0952. The topological polar surface area (TPSA) is 17.1 Å². The van der Waals surface area contributed by atoms with Crippen LogP contribution in [0.2, 0.25) is 0 Å². The van der Waals surface area contributed by atoms with Crippen LogP contribution in [-0.4, -0.2) is 5.78 Å². The zero-order chi connectivity index (χ0) is 16.2. The summed E-state index contributed by atoms with van der Waals surface area (Å²) in [4.78, 5) is 15.0. The highest BCUT2D eigenvalue weighted by Crippen LogP contribution is 2.34. The van der Waals surface area contributed by atoms with Crippen LogP contribution < -0.4 is 0 Å². The number of hydrogen-bond donors (Lipinski definition) is 0. The maximum atomic E-state index is 12.9. The Balaban J connectivity index is 2.00. The minimum atomic E-state index is 0.0731. The molecule has 0 saturated carbocycles. The lowest BCUT2D eigenvalue weighted by Crippen LogP contribution is -2.04. The molecule has 0 atom stereocenters. The second-order valence-corrected chi connectivity index (χ2v) is 6.65. The molecule has 3 aromatic rings. The summed E-state index contributed by atoms with van der Waals surface area (Å²) in [6, 6.07) is 23.8. The van der Waals surface area contributed by atoms with Crippen LogP contribution >= 0.6 is 11.8 Å². The summed E-state index contributed by atoms with van der Waals surface area (Å²) in [6.45, 7) is 4.13. The van der Waals surface area contributed by atoms with Gasteiger partial charge in [-0.15, -0.1) is 0 Å². The summed E-state index contributed by atoms with van der Waals surface area (Å²) < 4.78 is 0. The number of hydrogen-bond acceptors (Lipinski definition) is 2. The molecule has 2 heteroatoms. The van der Waals surface area contributed by atoms with E-state index in [2.05, 4.69) is 44.2 Å². The first-order valence-electron chi connectivity index (χ1n) is 7.59. The molecular formula is C21H18OS. The molecule has 114 valence electrons. The summed E-state index contributed by atoms with van der Waals surface area (Å²) in [5.74, 6) is 0.0731. The van der Waals surface area contributed by atoms with Crippen molar-refractivity contribution in [2.45, 2.75) is 23.6 Å². The van der Waals surface area contributed by atoms with Crippen LogP contribution in [0.1, 0.15) is 27.0 Å². The molecular weight excluding hydrogens is 300 g/mol. The van der Waals surface area contributed by atoms with E-state index in [1.807, 2.05) is 42.5 Å². The van der Waals surface area contributed by atoms with Crippen molar-refractivity contribution in [1.29, 1.82) is 0 Å². The van der Waals surface area contributed by atoms with Gasteiger partial charge in [0.2, 0.25) is 0 Å². The number of aryl methyl sites for hydroxylation is 2. The monoisotopic (exact) mass is 318 g/mol. The van der Waals surface area contributed by atoms with E-state index in [1.54, 1.807) is 11.8 Å². The third-order valence-electron chi connectivity index (χ3n) is 3.73. The number of carbonyl (C=O) groups excluding carboxylic acids is 1. The van der Waals surface area contributed by atoms with Crippen molar-refractivity contribution in [2.75, 3.05) is 0 Å². The van der Waals surface area contributed by atoms with Gasteiger partial charge in [-0.3, -0.25) is 4.79 Å². The molecule has 3 rings (SSSR count). The molecule has 0 N–H and O–H groups in total. The van der Waals surface area contributed by atoms with Gasteiger partial charge in [-0.25, -0.2) is 0 Å². The number of carbonyl (C=O) groups is 1. The van der Waals surface area contributed by atoms with Crippen LogP contribution in [0.4, 0.5) is 0 Å². The van der Waals surface area contributed by atoms with Gasteiger partial charge in [0, 0.05) is 20.9 Å². The predicted octanol–water partition coefficient (Wildman–Crippen LogP) is 5.69. The lowest BCUT2D eigenvalue weighted by atomic mass is 10.0. The van der Waals surface area contributed by atoms with E-state index in [0.717, 1.165) is 26.5 Å². The molecule has 0 unspecified atom stereocenters. The van der Waals surface area contributed by atoms with Gasteiger partial charge < -0.3 is 0 Å². The molecule has 0 radical (unpaired) electrons. The van der Waals surface area contributed by atoms with Crippen molar-refractivity contribution in [1.82, 2.24) is 0 Å². The van der Waals surface area contributed by atoms with E-state index < -0.39 is 0 Å². The first-order valence-corrected chi connectivity index (χ1v) is 8.40. The fourth-order valence-corrected chi connectivity index (χ4v) is 3.44. The van der Waals surface area contributed by atoms with Crippen LogP contribution in [0.15, 0.2) is 82.6 Å². The van der Waals surface area contributed by atoms with Crippen molar-refractivity contribution in [2.24, 2.45) is 0 Å².